The van der Waals surface area contributed by atoms with Crippen LogP contribution < -0.4 is 10.6 Å². The molecule has 0 aromatic carbocycles. The normalized spacial score (nSPS) is 16.3. The van der Waals surface area contributed by atoms with Gasteiger partial charge in [0.25, 0.3) is 0 Å². The Hall–Kier alpha value is -0.570. The lowest BCUT2D eigenvalue weighted by Crippen LogP contribution is -2.47. The van der Waals surface area contributed by atoms with Gasteiger partial charge in [0.15, 0.2) is 5.96 Å². The Morgan fingerprint density at radius 3 is 2.38 bits per heavy atom. The average molecular weight is 454 g/mol. The zero-order chi connectivity index (χ0) is 17.3. The largest absolute Gasteiger partial charge is 0.377 e. The van der Waals surface area contributed by atoms with Crippen LogP contribution in [0, 0.1) is 5.92 Å². The van der Waals surface area contributed by atoms with Gasteiger partial charge < -0.3 is 20.3 Å². The van der Waals surface area contributed by atoms with E-state index >= 15 is 0 Å². The Kier molecular flexibility index (Phi) is 11.6. The SMILES string of the molecule is COC(C)(C)CNC(=NCC(=O)N(C)C)NCC1CCCCC1.I. The fourth-order valence-electron chi connectivity index (χ4n) is 2.46. The summed E-state index contributed by atoms with van der Waals surface area (Å²) >= 11 is 0. The van der Waals surface area contributed by atoms with E-state index in [-0.39, 0.29) is 42.0 Å². The quantitative estimate of drug-likeness (QED) is 0.352. The predicted molar refractivity (Wildman–Crippen MR) is 110 cm³/mol. The van der Waals surface area contributed by atoms with Crippen molar-refractivity contribution in [1.82, 2.24) is 15.5 Å². The van der Waals surface area contributed by atoms with Gasteiger partial charge in [-0.05, 0) is 32.6 Å². The Balaban J connectivity index is 0.00000529. The number of amides is 1. The molecule has 0 unspecified atom stereocenters. The van der Waals surface area contributed by atoms with Gasteiger partial charge in [-0.3, -0.25) is 4.79 Å². The van der Waals surface area contributed by atoms with E-state index < -0.39 is 0 Å². The van der Waals surface area contributed by atoms with E-state index in [0.717, 1.165) is 6.54 Å². The highest BCUT2D eigenvalue weighted by molar-refractivity contribution is 14.0. The molecular formula is C17H35IN4O2. The maximum absolute atomic E-state index is 11.7. The number of nitrogens with zero attached hydrogens (tertiary/aromatic N) is 2. The van der Waals surface area contributed by atoms with Gasteiger partial charge in [0.2, 0.25) is 5.91 Å². The average Bonchev–Trinajstić information content (AvgIpc) is 2.54. The molecule has 0 atom stereocenters. The highest BCUT2D eigenvalue weighted by Crippen LogP contribution is 2.22. The van der Waals surface area contributed by atoms with E-state index in [0.29, 0.717) is 18.4 Å². The summed E-state index contributed by atoms with van der Waals surface area (Å²) < 4.78 is 5.43. The molecule has 0 aromatic rings. The molecule has 1 aliphatic carbocycles. The van der Waals surface area contributed by atoms with Gasteiger partial charge in [-0.2, -0.15) is 0 Å². The molecule has 0 saturated heterocycles. The number of ether oxygens (including phenoxy) is 1. The molecule has 24 heavy (non-hydrogen) atoms. The molecule has 0 aromatic heterocycles. The molecule has 1 rings (SSSR count). The molecule has 1 saturated carbocycles. The highest BCUT2D eigenvalue weighted by atomic mass is 127. The molecule has 2 N–H and O–H groups in total. The molecule has 6 nitrogen and oxygen atoms in total. The summed E-state index contributed by atoms with van der Waals surface area (Å²) in [5.41, 5.74) is -0.279. The number of rotatable bonds is 7. The summed E-state index contributed by atoms with van der Waals surface area (Å²) in [5, 5.41) is 6.68. The molecule has 0 spiro atoms. The maximum atomic E-state index is 11.7. The fraction of sp³-hybridized carbons (Fsp3) is 0.882. The number of likely N-dealkylation sites (N-methyl/N-ethyl adjacent to an activating group) is 1. The topological polar surface area (TPSA) is 66.0 Å². The Morgan fingerprint density at radius 2 is 1.83 bits per heavy atom. The molecular weight excluding hydrogens is 419 g/mol. The first-order chi connectivity index (χ1) is 10.8. The van der Waals surface area contributed by atoms with Crippen molar-refractivity contribution in [3.05, 3.63) is 0 Å². The summed E-state index contributed by atoms with van der Waals surface area (Å²) in [6.45, 7) is 5.74. The molecule has 0 bridgehead atoms. The van der Waals surface area contributed by atoms with E-state index in [2.05, 4.69) is 15.6 Å². The van der Waals surface area contributed by atoms with Crippen molar-refractivity contribution in [2.45, 2.75) is 51.6 Å². The zero-order valence-electron chi connectivity index (χ0n) is 15.9. The maximum Gasteiger partial charge on any atom is 0.243 e. The van der Waals surface area contributed by atoms with Crippen molar-refractivity contribution < 1.29 is 9.53 Å². The molecule has 0 radical (unpaired) electrons. The number of carbonyl (C=O) groups is 1. The van der Waals surface area contributed by atoms with Crippen molar-refractivity contribution in [2.24, 2.45) is 10.9 Å². The van der Waals surface area contributed by atoms with E-state index in [1.807, 2.05) is 13.8 Å². The van der Waals surface area contributed by atoms with E-state index in [4.69, 9.17) is 4.74 Å². The van der Waals surface area contributed by atoms with Crippen LogP contribution in [0.1, 0.15) is 46.0 Å². The summed E-state index contributed by atoms with van der Waals surface area (Å²) in [5.74, 6) is 1.39. The lowest BCUT2D eigenvalue weighted by atomic mass is 9.89. The molecule has 1 aliphatic rings. The molecule has 142 valence electrons. The van der Waals surface area contributed by atoms with Gasteiger partial charge in [0, 0.05) is 34.3 Å². The van der Waals surface area contributed by atoms with E-state index in [1.54, 1.807) is 26.1 Å². The minimum atomic E-state index is -0.279. The standard InChI is InChI=1S/C17H34N4O2.HI/c1-17(2,23-5)13-20-16(19-12-15(22)21(3)4)18-11-14-9-7-6-8-10-14;/h14H,6-13H2,1-5H3,(H2,18,19,20);1H. The van der Waals surface area contributed by atoms with Gasteiger partial charge in [0.1, 0.15) is 6.54 Å². The number of aliphatic imine (C=N–C) groups is 1. The fourth-order valence-corrected chi connectivity index (χ4v) is 2.46. The number of hydrogen-bond donors (Lipinski definition) is 2. The first-order valence-corrected chi connectivity index (χ1v) is 8.61. The Bertz CT molecular complexity index is 394. The second-order valence-electron chi connectivity index (χ2n) is 7.16. The number of hydrogen-bond acceptors (Lipinski definition) is 3. The van der Waals surface area contributed by atoms with Gasteiger partial charge in [-0.25, -0.2) is 4.99 Å². The molecule has 7 heteroatoms. The molecule has 1 amide bonds. The molecule has 0 aliphatic heterocycles. The summed E-state index contributed by atoms with van der Waals surface area (Å²) in [4.78, 5) is 17.7. The first kappa shape index (κ1) is 23.4. The number of nitrogens with one attached hydrogen (secondary N) is 2. The second kappa shape index (κ2) is 11.9. The van der Waals surface area contributed by atoms with Crippen LogP contribution in [-0.2, 0) is 9.53 Å². The third-order valence-corrected chi connectivity index (χ3v) is 4.39. The van der Waals surface area contributed by atoms with Crippen LogP contribution in [0.2, 0.25) is 0 Å². The van der Waals surface area contributed by atoms with Crippen molar-refractivity contribution in [2.75, 3.05) is 40.8 Å². The summed E-state index contributed by atoms with van der Waals surface area (Å²) in [6, 6.07) is 0. The van der Waals surface area contributed by atoms with Crippen LogP contribution >= 0.6 is 24.0 Å². The van der Waals surface area contributed by atoms with E-state index in [1.165, 1.54) is 32.1 Å². The van der Waals surface area contributed by atoms with Crippen LogP contribution in [0.4, 0.5) is 0 Å². The second-order valence-corrected chi connectivity index (χ2v) is 7.16. The third kappa shape index (κ3) is 9.66. The smallest absolute Gasteiger partial charge is 0.243 e. The summed E-state index contributed by atoms with van der Waals surface area (Å²) in [7, 11) is 5.19. The third-order valence-electron chi connectivity index (χ3n) is 4.39. The van der Waals surface area contributed by atoms with Crippen LogP contribution in [0.25, 0.3) is 0 Å². The lowest BCUT2D eigenvalue weighted by molar-refractivity contribution is -0.127. The van der Waals surface area contributed by atoms with E-state index in [9.17, 15) is 4.79 Å². The number of methoxy groups -OCH3 is 1. The Morgan fingerprint density at radius 1 is 1.21 bits per heavy atom. The minimum Gasteiger partial charge on any atom is -0.377 e. The number of halogens is 1. The van der Waals surface area contributed by atoms with Crippen molar-refractivity contribution in [1.29, 1.82) is 0 Å². The van der Waals surface area contributed by atoms with Gasteiger partial charge in [-0.1, -0.05) is 19.3 Å². The molecule has 0 heterocycles. The zero-order valence-corrected chi connectivity index (χ0v) is 18.2. The van der Waals surface area contributed by atoms with Crippen molar-refractivity contribution in [3.63, 3.8) is 0 Å². The minimum absolute atomic E-state index is 0. The van der Waals surface area contributed by atoms with Crippen molar-refractivity contribution >= 4 is 35.8 Å². The van der Waals surface area contributed by atoms with Crippen LogP contribution in [0.15, 0.2) is 4.99 Å². The van der Waals surface area contributed by atoms with Gasteiger partial charge >= 0.3 is 0 Å². The van der Waals surface area contributed by atoms with Crippen molar-refractivity contribution in [3.8, 4) is 0 Å². The Labute approximate surface area is 164 Å². The predicted octanol–water partition coefficient (Wildman–Crippen LogP) is 2.23. The number of carbonyl (C=O) groups excluding carboxylic acids is 1. The number of guanidine groups is 1. The summed E-state index contributed by atoms with van der Waals surface area (Å²) in [6.07, 6.45) is 6.56. The van der Waals surface area contributed by atoms with Gasteiger partial charge in [0.05, 0.1) is 5.60 Å². The van der Waals surface area contributed by atoms with Crippen LogP contribution in [0.3, 0.4) is 0 Å². The molecule has 1 fully saturated rings. The van der Waals surface area contributed by atoms with Crippen LogP contribution in [-0.4, -0.2) is 63.2 Å². The monoisotopic (exact) mass is 454 g/mol. The highest BCUT2D eigenvalue weighted by Gasteiger charge is 2.18. The van der Waals surface area contributed by atoms with Gasteiger partial charge in [-0.15, -0.1) is 24.0 Å². The lowest BCUT2D eigenvalue weighted by Gasteiger charge is -2.26. The first-order valence-electron chi connectivity index (χ1n) is 8.61. The van der Waals surface area contributed by atoms with Crippen LogP contribution in [0.5, 0.6) is 0 Å².